The number of fused-ring (bicyclic) bond motifs is 2. The van der Waals surface area contributed by atoms with Gasteiger partial charge in [-0.2, -0.15) is 0 Å². The Hall–Kier alpha value is -2.43. The minimum Gasteiger partial charge on any atom is -0.393 e. The number of carbonyl (C=O) groups excluding carboxylic acids is 1. The van der Waals surface area contributed by atoms with Crippen molar-refractivity contribution in [3.05, 3.63) is 53.1 Å². The van der Waals surface area contributed by atoms with Gasteiger partial charge in [0.2, 0.25) is 5.78 Å². The van der Waals surface area contributed by atoms with E-state index in [-0.39, 0.29) is 11.9 Å². The molecule has 0 aliphatic heterocycles. The maximum absolute atomic E-state index is 12.5. The molecular formula is C15H15N3O2. The van der Waals surface area contributed by atoms with Crippen LogP contribution >= 0.6 is 0 Å². The van der Waals surface area contributed by atoms with Crippen LogP contribution in [0, 0.1) is 0 Å². The molecule has 5 heteroatoms. The normalized spacial score (nSPS) is 15.4. The quantitative estimate of drug-likeness (QED) is 0.670. The summed E-state index contributed by atoms with van der Waals surface area (Å²) in [6.45, 7) is 3.81. The summed E-state index contributed by atoms with van der Waals surface area (Å²) in [5, 5.41) is 4.20. The molecule has 0 saturated heterocycles. The van der Waals surface area contributed by atoms with Gasteiger partial charge in [0.1, 0.15) is 23.2 Å². The Kier molecular flexibility index (Phi) is 2.89. The minimum atomic E-state index is -0.0286. The van der Waals surface area contributed by atoms with Crippen molar-refractivity contribution < 1.29 is 9.63 Å². The van der Waals surface area contributed by atoms with E-state index in [4.69, 9.17) is 4.84 Å². The number of imidazole rings is 1. The lowest BCUT2D eigenvalue weighted by Gasteiger charge is -2.17. The predicted octanol–water partition coefficient (Wildman–Crippen LogP) is 2.14. The van der Waals surface area contributed by atoms with E-state index >= 15 is 0 Å². The Labute approximate surface area is 116 Å². The number of nitrogens with zero attached hydrogens (tertiary/aromatic N) is 3. The van der Waals surface area contributed by atoms with Gasteiger partial charge in [-0.1, -0.05) is 29.4 Å². The van der Waals surface area contributed by atoms with Crippen LogP contribution in [0.2, 0.25) is 0 Å². The second kappa shape index (κ2) is 4.59. The Morgan fingerprint density at radius 2 is 1.95 bits per heavy atom. The molecule has 0 saturated carbocycles. The number of benzene rings is 1. The third-order valence-electron chi connectivity index (χ3n) is 3.16. The lowest BCUT2D eigenvalue weighted by atomic mass is 9.89. The van der Waals surface area contributed by atoms with E-state index in [1.807, 2.05) is 32.0 Å². The first-order valence-electron chi connectivity index (χ1n) is 6.49. The highest BCUT2D eigenvalue weighted by molar-refractivity contribution is 6.28. The van der Waals surface area contributed by atoms with Crippen molar-refractivity contribution in [3.8, 4) is 0 Å². The van der Waals surface area contributed by atoms with Gasteiger partial charge in [-0.3, -0.25) is 4.79 Å². The largest absolute Gasteiger partial charge is 0.393 e. The van der Waals surface area contributed by atoms with Crippen LogP contribution in [0.1, 0.15) is 41.2 Å². The molecule has 102 valence electrons. The summed E-state index contributed by atoms with van der Waals surface area (Å²) in [5.41, 5.74) is 3.15. The number of hydrogen-bond acceptors (Lipinski definition) is 4. The molecule has 5 nitrogen and oxygen atoms in total. The molecule has 0 bridgehead atoms. The minimum absolute atomic E-state index is 0.0283. The summed E-state index contributed by atoms with van der Waals surface area (Å²) in [5.74, 6) is -0.0286. The second-order valence-electron chi connectivity index (χ2n) is 5.02. The van der Waals surface area contributed by atoms with E-state index in [2.05, 4.69) is 10.1 Å². The van der Waals surface area contributed by atoms with Gasteiger partial charge in [-0.15, -0.1) is 0 Å². The standard InChI is InChI=1S/C15H15N3O2/c1-9(2)20-17-12-10-6-4-5-7-11(10)15(19)14-13(12)16-8-18(14)3/h4-9H,1-3H3/b17-12+. The van der Waals surface area contributed by atoms with Gasteiger partial charge in [0, 0.05) is 18.2 Å². The molecule has 3 rings (SSSR count). The van der Waals surface area contributed by atoms with Crippen molar-refractivity contribution in [2.75, 3.05) is 0 Å². The highest BCUT2D eigenvalue weighted by Crippen LogP contribution is 2.26. The van der Waals surface area contributed by atoms with Crippen LogP contribution in [-0.4, -0.2) is 27.1 Å². The molecule has 1 aromatic heterocycles. The van der Waals surface area contributed by atoms with Gasteiger partial charge in [-0.05, 0) is 13.8 Å². The van der Waals surface area contributed by atoms with Crippen LogP contribution in [0.4, 0.5) is 0 Å². The molecule has 0 N–H and O–H groups in total. The fourth-order valence-electron chi connectivity index (χ4n) is 2.26. The Morgan fingerprint density at radius 3 is 2.65 bits per heavy atom. The monoisotopic (exact) mass is 269 g/mol. The molecule has 0 spiro atoms. The molecule has 20 heavy (non-hydrogen) atoms. The summed E-state index contributed by atoms with van der Waals surface area (Å²) in [4.78, 5) is 22.2. The lowest BCUT2D eigenvalue weighted by molar-refractivity contribution is 0.0861. The number of oxime groups is 1. The van der Waals surface area contributed by atoms with Crippen molar-refractivity contribution >= 4 is 11.5 Å². The second-order valence-corrected chi connectivity index (χ2v) is 5.02. The van der Waals surface area contributed by atoms with Crippen LogP contribution in [-0.2, 0) is 11.9 Å². The lowest BCUT2D eigenvalue weighted by Crippen LogP contribution is -2.23. The van der Waals surface area contributed by atoms with Crippen molar-refractivity contribution in [1.82, 2.24) is 9.55 Å². The number of ketones is 1. The van der Waals surface area contributed by atoms with Crippen LogP contribution in [0.5, 0.6) is 0 Å². The molecular weight excluding hydrogens is 254 g/mol. The molecule has 2 aromatic rings. The van der Waals surface area contributed by atoms with Gasteiger partial charge in [0.15, 0.2) is 0 Å². The van der Waals surface area contributed by atoms with E-state index in [0.29, 0.717) is 22.7 Å². The van der Waals surface area contributed by atoms with Crippen molar-refractivity contribution in [2.24, 2.45) is 12.2 Å². The number of carbonyl (C=O) groups is 1. The SMILES string of the molecule is CC(C)O/N=C1\c2ccccc2C(=O)c2c1ncn2C. The molecule has 1 heterocycles. The Bertz CT molecular complexity index is 714. The third kappa shape index (κ3) is 1.82. The smallest absolute Gasteiger partial charge is 0.212 e. The zero-order valence-electron chi connectivity index (χ0n) is 11.6. The van der Waals surface area contributed by atoms with Crippen molar-refractivity contribution in [3.63, 3.8) is 0 Å². The van der Waals surface area contributed by atoms with Gasteiger partial charge in [0.05, 0.1) is 6.33 Å². The molecule has 0 unspecified atom stereocenters. The van der Waals surface area contributed by atoms with Crippen LogP contribution < -0.4 is 0 Å². The Balaban J connectivity index is 2.23. The number of aromatic nitrogens is 2. The topological polar surface area (TPSA) is 56.5 Å². The maximum atomic E-state index is 12.5. The van der Waals surface area contributed by atoms with Crippen LogP contribution in [0.3, 0.4) is 0 Å². The average molecular weight is 269 g/mol. The van der Waals surface area contributed by atoms with E-state index < -0.39 is 0 Å². The van der Waals surface area contributed by atoms with E-state index in [0.717, 1.165) is 5.56 Å². The predicted molar refractivity (Wildman–Crippen MR) is 74.9 cm³/mol. The van der Waals surface area contributed by atoms with Crippen LogP contribution in [0.15, 0.2) is 35.7 Å². The summed E-state index contributed by atoms with van der Waals surface area (Å²) >= 11 is 0. The number of rotatable bonds is 2. The van der Waals surface area contributed by atoms with Gasteiger partial charge >= 0.3 is 0 Å². The highest BCUT2D eigenvalue weighted by Gasteiger charge is 2.32. The summed E-state index contributed by atoms with van der Waals surface area (Å²) < 4.78 is 1.72. The molecule has 0 atom stereocenters. The van der Waals surface area contributed by atoms with Gasteiger partial charge in [0.25, 0.3) is 0 Å². The maximum Gasteiger partial charge on any atom is 0.212 e. The average Bonchev–Trinajstić information content (AvgIpc) is 2.81. The summed E-state index contributed by atoms with van der Waals surface area (Å²) in [7, 11) is 1.80. The third-order valence-corrected chi connectivity index (χ3v) is 3.16. The highest BCUT2D eigenvalue weighted by atomic mass is 16.6. The first-order valence-corrected chi connectivity index (χ1v) is 6.49. The fraction of sp³-hybridized carbons (Fsp3) is 0.267. The molecule has 1 aliphatic carbocycles. The first-order chi connectivity index (χ1) is 9.59. The van der Waals surface area contributed by atoms with Gasteiger partial charge in [-0.25, -0.2) is 4.98 Å². The van der Waals surface area contributed by atoms with E-state index in [9.17, 15) is 4.79 Å². The van der Waals surface area contributed by atoms with Crippen molar-refractivity contribution in [2.45, 2.75) is 20.0 Å². The fourth-order valence-corrected chi connectivity index (χ4v) is 2.26. The Morgan fingerprint density at radius 1 is 1.25 bits per heavy atom. The zero-order chi connectivity index (χ0) is 14.3. The van der Waals surface area contributed by atoms with Gasteiger partial charge < -0.3 is 9.40 Å². The van der Waals surface area contributed by atoms with Crippen molar-refractivity contribution in [1.29, 1.82) is 0 Å². The number of aryl methyl sites for hydroxylation is 1. The number of hydrogen-bond donors (Lipinski definition) is 0. The zero-order valence-corrected chi connectivity index (χ0v) is 11.6. The molecule has 0 radical (unpaired) electrons. The van der Waals surface area contributed by atoms with E-state index in [1.54, 1.807) is 24.0 Å². The molecule has 1 aliphatic rings. The molecule has 1 aromatic carbocycles. The summed E-state index contributed by atoms with van der Waals surface area (Å²) in [6.07, 6.45) is 1.60. The molecule has 0 fully saturated rings. The molecule has 0 amide bonds. The van der Waals surface area contributed by atoms with Crippen LogP contribution in [0.25, 0.3) is 0 Å². The summed E-state index contributed by atoms with van der Waals surface area (Å²) in [6, 6.07) is 7.40. The first kappa shape index (κ1) is 12.6. The van der Waals surface area contributed by atoms with E-state index in [1.165, 1.54) is 0 Å².